The van der Waals surface area contributed by atoms with E-state index in [1.165, 1.54) is 109 Å². The van der Waals surface area contributed by atoms with Crippen molar-refractivity contribution in [2.45, 2.75) is 149 Å². The third-order valence-corrected chi connectivity index (χ3v) is 9.09. The highest BCUT2D eigenvalue weighted by Gasteiger charge is 2.14. The van der Waals surface area contributed by atoms with Gasteiger partial charge in [-0.05, 0) is 36.4 Å². The summed E-state index contributed by atoms with van der Waals surface area (Å²) in [5, 5.41) is 3.02. The number of unbranched alkanes of at least 4 members (excludes halogenated alkanes) is 18. The number of ether oxygens (including phenoxy) is 1. The van der Waals surface area contributed by atoms with Crippen LogP contribution >= 0.6 is 11.3 Å². The van der Waals surface area contributed by atoms with Gasteiger partial charge in [-0.2, -0.15) is 0 Å². The maximum atomic E-state index is 13.5. The van der Waals surface area contributed by atoms with Gasteiger partial charge >= 0.3 is 0 Å². The van der Waals surface area contributed by atoms with E-state index in [0.717, 1.165) is 59.6 Å². The molecule has 0 atom stereocenters. The lowest BCUT2D eigenvalue weighted by molar-refractivity contribution is 0.303. The molecule has 4 nitrogen and oxygen atoms in total. The molecule has 228 valence electrons. The Hall–Kier alpha value is -2.14. The van der Waals surface area contributed by atoms with Crippen LogP contribution in [0.2, 0.25) is 0 Å². The summed E-state index contributed by atoms with van der Waals surface area (Å²) in [6, 6.07) is 8.14. The Morgan fingerprint density at radius 3 is 1.85 bits per heavy atom. The number of thiophene rings is 1. The van der Waals surface area contributed by atoms with Crippen molar-refractivity contribution in [2.75, 3.05) is 6.61 Å². The molecule has 5 heteroatoms. The number of hydrogen-bond acceptors (Lipinski definition) is 4. The molecular formula is C36H56N2O2S. The second kappa shape index (κ2) is 20.7. The van der Waals surface area contributed by atoms with Crippen LogP contribution in [0, 0.1) is 0 Å². The van der Waals surface area contributed by atoms with Gasteiger partial charge in [0.25, 0.3) is 5.56 Å². The number of hydrogen-bond donors (Lipinski definition) is 0. The first-order valence-corrected chi connectivity index (χ1v) is 17.8. The van der Waals surface area contributed by atoms with Crippen molar-refractivity contribution in [1.82, 2.24) is 9.55 Å². The first-order chi connectivity index (χ1) is 20.2. The van der Waals surface area contributed by atoms with Crippen LogP contribution in [0.25, 0.3) is 21.5 Å². The van der Waals surface area contributed by atoms with Crippen LogP contribution in [-0.4, -0.2) is 16.2 Å². The minimum absolute atomic E-state index is 0.0717. The highest BCUT2D eigenvalue weighted by molar-refractivity contribution is 7.13. The van der Waals surface area contributed by atoms with Gasteiger partial charge in [0.2, 0.25) is 0 Å². The molecule has 3 aromatic heterocycles. The SMILES string of the molecule is CCCCCCCCCCCCOc1cnc2c(c1)cc(-c1cccs1)c(=O)n2CCCCCCCCCCCC. The average Bonchev–Trinajstić information content (AvgIpc) is 3.52. The fraction of sp³-hybridized carbons (Fsp3) is 0.667. The molecule has 0 spiro atoms. The third kappa shape index (κ3) is 12.3. The van der Waals surface area contributed by atoms with Crippen molar-refractivity contribution in [2.24, 2.45) is 0 Å². The summed E-state index contributed by atoms with van der Waals surface area (Å²) in [6.07, 6.45) is 27.8. The second-order valence-electron chi connectivity index (χ2n) is 11.8. The molecule has 0 aliphatic heterocycles. The Bertz CT molecular complexity index is 1140. The molecule has 0 amide bonds. The van der Waals surface area contributed by atoms with Gasteiger partial charge in [0.15, 0.2) is 0 Å². The molecule has 0 N–H and O–H groups in total. The summed E-state index contributed by atoms with van der Waals surface area (Å²) < 4.78 is 8.01. The van der Waals surface area contributed by atoms with Gasteiger partial charge in [0.05, 0.1) is 18.4 Å². The van der Waals surface area contributed by atoms with E-state index in [1.807, 2.05) is 28.1 Å². The Kier molecular flexibility index (Phi) is 16.8. The predicted octanol–water partition coefficient (Wildman–Crippen LogP) is 11.3. The van der Waals surface area contributed by atoms with Crippen LogP contribution in [0.1, 0.15) is 142 Å². The van der Waals surface area contributed by atoms with Crippen molar-refractivity contribution < 1.29 is 4.74 Å². The molecule has 0 aliphatic rings. The minimum Gasteiger partial charge on any atom is -0.492 e. The van der Waals surface area contributed by atoms with Crippen LogP contribution in [-0.2, 0) is 6.54 Å². The summed E-state index contributed by atoms with van der Waals surface area (Å²) in [6.45, 7) is 5.99. The van der Waals surface area contributed by atoms with Crippen molar-refractivity contribution in [1.29, 1.82) is 0 Å². The van der Waals surface area contributed by atoms with Crippen molar-refractivity contribution in [3.8, 4) is 16.2 Å². The van der Waals surface area contributed by atoms with Crippen molar-refractivity contribution in [3.05, 3.63) is 46.2 Å². The van der Waals surface area contributed by atoms with Crippen LogP contribution < -0.4 is 10.3 Å². The molecule has 0 radical (unpaired) electrons. The number of nitrogens with zero attached hydrogens (tertiary/aromatic N) is 2. The summed E-state index contributed by atoms with van der Waals surface area (Å²) in [4.78, 5) is 19.3. The number of fused-ring (bicyclic) bond motifs is 1. The van der Waals surface area contributed by atoms with Crippen LogP contribution in [0.15, 0.2) is 40.6 Å². The van der Waals surface area contributed by atoms with Gasteiger partial charge in [-0.25, -0.2) is 4.98 Å². The summed E-state index contributed by atoms with van der Waals surface area (Å²) >= 11 is 1.62. The molecule has 0 bridgehead atoms. The molecule has 0 saturated carbocycles. The van der Waals surface area contributed by atoms with E-state index in [1.54, 1.807) is 17.5 Å². The van der Waals surface area contributed by atoms with Crippen molar-refractivity contribution in [3.63, 3.8) is 0 Å². The molecule has 0 aliphatic carbocycles. The van der Waals surface area contributed by atoms with Crippen LogP contribution in [0.3, 0.4) is 0 Å². The predicted molar refractivity (Wildman–Crippen MR) is 178 cm³/mol. The molecule has 3 rings (SSSR count). The first-order valence-electron chi connectivity index (χ1n) is 16.9. The zero-order valence-corrected chi connectivity index (χ0v) is 27.0. The highest BCUT2D eigenvalue weighted by Crippen LogP contribution is 2.27. The Morgan fingerprint density at radius 1 is 0.732 bits per heavy atom. The number of aromatic nitrogens is 2. The second-order valence-corrected chi connectivity index (χ2v) is 12.7. The van der Waals surface area contributed by atoms with Gasteiger partial charge in [-0.15, -0.1) is 11.3 Å². The van der Waals surface area contributed by atoms with Crippen molar-refractivity contribution >= 4 is 22.4 Å². The maximum absolute atomic E-state index is 13.5. The van der Waals surface area contributed by atoms with Crippen LogP contribution in [0.5, 0.6) is 5.75 Å². The highest BCUT2D eigenvalue weighted by atomic mass is 32.1. The van der Waals surface area contributed by atoms with E-state index >= 15 is 0 Å². The van der Waals surface area contributed by atoms with E-state index in [-0.39, 0.29) is 5.56 Å². The molecule has 0 saturated heterocycles. The fourth-order valence-electron chi connectivity index (χ4n) is 5.68. The van der Waals surface area contributed by atoms with E-state index in [4.69, 9.17) is 9.72 Å². The van der Waals surface area contributed by atoms with Gasteiger partial charge < -0.3 is 4.74 Å². The lowest BCUT2D eigenvalue weighted by atomic mass is 10.1. The Morgan fingerprint density at radius 2 is 1.29 bits per heavy atom. The smallest absolute Gasteiger partial charge is 0.260 e. The third-order valence-electron chi connectivity index (χ3n) is 8.19. The maximum Gasteiger partial charge on any atom is 0.260 e. The summed E-state index contributed by atoms with van der Waals surface area (Å²) in [5.41, 5.74) is 1.62. The lowest BCUT2D eigenvalue weighted by Gasteiger charge is -2.13. The van der Waals surface area contributed by atoms with Crippen LogP contribution in [0.4, 0.5) is 0 Å². The average molecular weight is 581 g/mol. The number of aryl methyl sites for hydroxylation is 1. The number of rotatable bonds is 24. The molecule has 0 unspecified atom stereocenters. The number of pyridine rings is 2. The van der Waals surface area contributed by atoms with Gasteiger partial charge in [-0.3, -0.25) is 9.36 Å². The van der Waals surface area contributed by atoms with Gasteiger partial charge in [0.1, 0.15) is 11.4 Å². The zero-order valence-electron chi connectivity index (χ0n) is 26.1. The molecule has 0 fully saturated rings. The van der Waals surface area contributed by atoms with E-state index < -0.39 is 0 Å². The van der Waals surface area contributed by atoms with E-state index in [2.05, 4.69) is 19.9 Å². The molecule has 0 aromatic carbocycles. The Balaban J connectivity index is 1.50. The summed E-state index contributed by atoms with van der Waals surface area (Å²) in [7, 11) is 0. The molecule has 3 heterocycles. The van der Waals surface area contributed by atoms with E-state index in [0.29, 0.717) is 0 Å². The largest absolute Gasteiger partial charge is 0.492 e. The van der Waals surface area contributed by atoms with Gasteiger partial charge in [-0.1, -0.05) is 135 Å². The Labute approximate surface area is 253 Å². The zero-order chi connectivity index (χ0) is 29.0. The molecule has 41 heavy (non-hydrogen) atoms. The van der Waals surface area contributed by atoms with E-state index in [9.17, 15) is 4.79 Å². The molecular weight excluding hydrogens is 524 g/mol. The minimum atomic E-state index is 0.0717. The normalized spacial score (nSPS) is 11.5. The van der Waals surface area contributed by atoms with Gasteiger partial charge in [0, 0.05) is 16.8 Å². The monoisotopic (exact) mass is 580 g/mol. The summed E-state index contributed by atoms with van der Waals surface area (Å²) in [5.74, 6) is 0.801. The lowest BCUT2D eigenvalue weighted by Crippen LogP contribution is -2.23. The quantitative estimate of drug-likeness (QED) is 0.0990. The standard InChI is InChI=1S/C36H56N2O2S/c1-3-5-7-9-11-13-15-17-19-21-25-38-35-31(29-33(36(38)39)34-24-23-27-41-34)28-32(30-37-35)40-26-22-20-18-16-14-12-10-8-6-4-2/h23-24,27-30H,3-22,25-26H2,1-2H3. The topological polar surface area (TPSA) is 44.1 Å². The molecule has 3 aromatic rings. The first kappa shape index (κ1) is 33.4. The fourth-order valence-corrected chi connectivity index (χ4v) is 6.41.